The molecular formula is C57H81FIN3O13S2. The third-order valence-electron chi connectivity index (χ3n) is 16.1. The van der Waals surface area contributed by atoms with Gasteiger partial charge in [0.15, 0.2) is 16.7 Å². The van der Waals surface area contributed by atoms with Gasteiger partial charge in [-0.2, -0.15) is 0 Å². The molecule has 3 saturated heterocycles. The summed E-state index contributed by atoms with van der Waals surface area (Å²) in [5, 5.41) is 63.0. The van der Waals surface area contributed by atoms with Gasteiger partial charge in [0.1, 0.15) is 29.7 Å². The predicted molar refractivity (Wildman–Crippen MR) is 303 cm³/mol. The lowest BCUT2D eigenvalue weighted by Gasteiger charge is -2.48. The van der Waals surface area contributed by atoms with E-state index in [9.17, 15) is 39.5 Å². The second kappa shape index (κ2) is 25.6. The van der Waals surface area contributed by atoms with Crippen LogP contribution in [0.3, 0.4) is 0 Å². The molecule has 4 aliphatic heterocycles. The van der Waals surface area contributed by atoms with Crippen LogP contribution in [0.5, 0.6) is 0 Å². The van der Waals surface area contributed by atoms with Crippen LogP contribution in [0.2, 0.25) is 0 Å². The lowest BCUT2D eigenvalue weighted by Crippen LogP contribution is -2.60. The molecule has 1 aromatic heterocycles. The fourth-order valence-electron chi connectivity index (χ4n) is 11.6. The van der Waals surface area contributed by atoms with Crippen LogP contribution in [-0.4, -0.2) is 176 Å². The van der Waals surface area contributed by atoms with E-state index in [4.69, 9.17) is 28.4 Å². The number of esters is 1. The van der Waals surface area contributed by atoms with Crippen LogP contribution in [0.1, 0.15) is 92.9 Å². The highest BCUT2D eigenvalue weighted by Crippen LogP contribution is 2.51. The maximum absolute atomic E-state index is 14.6. The maximum Gasteiger partial charge on any atom is 0.312 e. The minimum atomic E-state index is -1.97. The number of amides is 1. The second-order valence-corrected chi connectivity index (χ2v) is 26.0. The first-order chi connectivity index (χ1) is 36.1. The number of nitrogens with zero attached hydrogens (tertiary/aromatic N) is 2. The zero-order valence-corrected chi connectivity index (χ0v) is 50.1. The van der Waals surface area contributed by atoms with Crippen molar-refractivity contribution in [3.63, 3.8) is 0 Å². The van der Waals surface area contributed by atoms with Gasteiger partial charge in [-0.3, -0.25) is 14.5 Å². The highest BCUT2D eigenvalue weighted by atomic mass is 127. The smallest absolute Gasteiger partial charge is 0.312 e. The number of nitrogens with one attached hydrogen (secondary N) is 1. The molecule has 0 bridgehead atoms. The molecule has 0 unspecified atom stereocenters. The normalized spacial score (nSPS) is 37.7. The fourth-order valence-corrected chi connectivity index (χ4v) is 14.4. The molecule has 5 heterocycles. The summed E-state index contributed by atoms with van der Waals surface area (Å²) in [4.78, 5) is 35.6. The number of fused-ring (bicyclic) bond motifs is 5. The molecule has 0 aliphatic carbocycles. The van der Waals surface area contributed by atoms with E-state index in [0.29, 0.717) is 25.9 Å². The monoisotopic (exact) mass is 1230 g/mol. The number of aliphatic hydroxyl groups excluding tert-OH is 3. The number of carbonyl (C=O) groups excluding carboxylic acids is 2. The first-order valence-corrected chi connectivity index (χ1v) is 29.6. The predicted octanol–water partition coefficient (Wildman–Crippen LogP) is 7.47. The number of carbonyl (C=O) groups is 2. The van der Waals surface area contributed by atoms with E-state index in [1.54, 1.807) is 71.5 Å². The summed E-state index contributed by atoms with van der Waals surface area (Å²) in [7, 11) is 5.23. The van der Waals surface area contributed by atoms with Gasteiger partial charge in [-0.25, -0.2) is 4.39 Å². The Hall–Kier alpha value is -2.65. The molecule has 18 atom stereocenters. The molecule has 4 aliphatic rings. The van der Waals surface area contributed by atoms with Crippen molar-refractivity contribution in [2.45, 2.75) is 186 Å². The molecule has 3 aromatic rings. The second-order valence-electron chi connectivity index (χ2n) is 22.7. The van der Waals surface area contributed by atoms with Gasteiger partial charge in [0.2, 0.25) is 5.91 Å². The van der Waals surface area contributed by atoms with Gasteiger partial charge in [-0.15, -0.1) is 11.3 Å². The Morgan fingerprint density at radius 3 is 2.35 bits per heavy atom. The Balaban J connectivity index is 1.13. The molecule has 77 heavy (non-hydrogen) atoms. The van der Waals surface area contributed by atoms with Crippen LogP contribution in [0, 0.1) is 23.6 Å². The number of methoxy groups -OCH3 is 1. The summed E-state index contributed by atoms with van der Waals surface area (Å²) in [5.41, 5.74) is -1.92. The Morgan fingerprint density at radius 1 is 0.948 bits per heavy atom. The first kappa shape index (κ1) is 62.0. The van der Waals surface area contributed by atoms with Crippen LogP contribution in [0.4, 0.5) is 4.39 Å². The number of hydrogen-bond donors (Lipinski definition) is 6. The molecule has 16 nitrogen and oxygen atoms in total. The van der Waals surface area contributed by atoms with E-state index in [2.05, 4.69) is 17.4 Å². The summed E-state index contributed by atoms with van der Waals surface area (Å²) in [6.07, 6.45) is -4.62. The number of rotatable bonds is 12. The van der Waals surface area contributed by atoms with Crippen molar-refractivity contribution in [3.8, 4) is 21.6 Å². The molecule has 0 saturated carbocycles. The minimum absolute atomic E-state index is 0.0845. The largest absolute Gasteiger partial charge is 0.448 e. The van der Waals surface area contributed by atoms with Crippen LogP contribution in [0.25, 0.3) is 27.6 Å². The van der Waals surface area contributed by atoms with E-state index in [1.165, 1.54) is 37.5 Å². The zero-order valence-electron chi connectivity index (χ0n) is 46.4. The lowest BCUT2D eigenvalue weighted by molar-refractivity contribution is -0.317. The van der Waals surface area contributed by atoms with E-state index in [0.717, 1.165) is 36.2 Å². The van der Waals surface area contributed by atoms with Gasteiger partial charge < -0.3 is 64.2 Å². The average molecular weight is 1230 g/mol. The van der Waals surface area contributed by atoms with Crippen molar-refractivity contribution in [2.24, 2.45) is 17.8 Å². The number of alkyl halides is 1. The SMILES string of the molecule is CO[C@]1(C)C[C@H](O[C@H]2[C@H](C)[C@@H](O[C@@H]3O[C@H](C)C[C@H](N(C)C)[C@H]3O)[C@](C)(O)C[C@@H](C)CN(CCCNC(=O)/C=C/c3cc4c(s3)-c3cc(F)ccc3Sc3ccccc3-4)[C@H](C)[C@@H](O)[C@](C)(O)[C@@H](I)OC(=O)[C@@H]2C)O[C@@H](C)[C@@H]1O. The number of ether oxygens (including phenoxy) is 6. The number of benzene rings is 2. The molecule has 6 N–H and O–H groups in total. The van der Waals surface area contributed by atoms with Crippen LogP contribution in [0.15, 0.2) is 64.4 Å². The number of halogens is 2. The number of aliphatic hydroxyl groups is 5. The van der Waals surface area contributed by atoms with Gasteiger partial charge >= 0.3 is 5.97 Å². The fraction of sp³-hybridized carbons (Fsp3) is 0.649. The van der Waals surface area contributed by atoms with Gasteiger partial charge in [0.05, 0.1) is 41.5 Å². The summed E-state index contributed by atoms with van der Waals surface area (Å²) in [6.45, 7) is 16.5. The highest BCUT2D eigenvalue weighted by Gasteiger charge is 2.53. The molecular weight excluding hydrogens is 1140 g/mol. The van der Waals surface area contributed by atoms with E-state index in [1.807, 2.05) is 78.5 Å². The van der Waals surface area contributed by atoms with Crippen LogP contribution in [-0.2, 0) is 38.0 Å². The lowest BCUT2D eigenvalue weighted by atomic mass is 9.77. The van der Waals surface area contributed by atoms with Crippen molar-refractivity contribution in [3.05, 3.63) is 65.3 Å². The Kier molecular flexibility index (Phi) is 20.6. The van der Waals surface area contributed by atoms with Crippen LogP contribution < -0.4 is 5.32 Å². The number of hydrogen-bond acceptors (Lipinski definition) is 17. The van der Waals surface area contributed by atoms with E-state index >= 15 is 0 Å². The van der Waals surface area contributed by atoms with Gasteiger partial charge in [0.25, 0.3) is 0 Å². The molecule has 7 rings (SSSR count). The molecule has 0 radical (unpaired) electrons. The average Bonchev–Trinajstić information content (AvgIpc) is 3.78. The topological polar surface area (TPSA) is 209 Å². The van der Waals surface area contributed by atoms with Crippen molar-refractivity contribution < 1.29 is 67.9 Å². The van der Waals surface area contributed by atoms with Crippen molar-refractivity contribution in [1.82, 2.24) is 15.1 Å². The molecule has 2 aromatic carbocycles. The summed E-state index contributed by atoms with van der Waals surface area (Å²) < 4.78 is 51.3. The van der Waals surface area contributed by atoms with E-state index in [-0.39, 0.29) is 49.2 Å². The number of thiophene rings is 1. The standard InChI is InChI=1S/C57H81FIN3O13S2/c1-30-27-55(7,68)51(74-53-46(64)41(61(10)11)24-31(2)71-53)32(3)47(73-45-28-56(8,70-12)50(66)35(6)72-45)33(4)52(67)75-54(59)57(9,69)49(65)34(5)62(29-30)23-15-22-60-44(63)21-19-37-26-39-38-16-13-14-17-42(38)77-43-20-18-36(58)25-40(43)48(39)76-37/h13-14,16-21,25-26,30-35,41,45-47,49-51,53-54,64-66,68-69H,15,22-24,27-29H2,1-12H3,(H,60,63)/b21-19+/t30-,31-,32+,33-,34-,35+,41+,45+,46-,47+,49-,50+,51-,53+,54+,55-,56-,57+/m1/s1. The Bertz CT molecular complexity index is 2540. The van der Waals surface area contributed by atoms with Gasteiger partial charge in [0, 0.05) is 87.9 Å². The summed E-state index contributed by atoms with van der Waals surface area (Å²) >= 11 is 4.92. The first-order valence-electron chi connectivity index (χ1n) is 26.7. The summed E-state index contributed by atoms with van der Waals surface area (Å²) in [5.74, 6) is -3.64. The van der Waals surface area contributed by atoms with Crippen molar-refractivity contribution in [2.75, 3.05) is 40.8 Å². The highest BCUT2D eigenvalue weighted by molar-refractivity contribution is 14.1. The quantitative estimate of drug-likeness (QED) is 0.0267. The third-order valence-corrected chi connectivity index (χ3v) is 19.9. The van der Waals surface area contributed by atoms with Gasteiger partial charge in [-0.05, 0) is 152 Å². The van der Waals surface area contributed by atoms with Crippen LogP contribution >= 0.6 is 45.7 Å². The van der Waals surface area contributed by atoms with Crippen molar-refractivity contribution >= 4 is 63.6 Å². The molecule has 0 spiro atoms. The maximum atomic E-state index is 14.6. The third kappa shape index (κ3) is 14.2. The molecule has 3 fully saturated rings. The number of likely N-dealkylation sites (N-methyl/N-ethyl adjacent to an activating group) is 1. The minimum Gasteiger partial charge on any atom is -0.448 e. The van der Waals surface area contributed by atoms with Gasteiger partial charge in [-0.1, -0.05) is 43.8 Å². The Labute approximate surface area is 475 Å². The molecule has 428 valence electrons. The summed E-state index contributed by atoms with van der Waals surface area (Å²) in [6, 6.07) is 13.9. The molecule has 20 heteroatoms. The Morgan fingerprint density at radius 2 is 1.65 bits per heavy atom. The van der Waals surface area contributed by atoms with Crippen molar-refractivity contribution in [1.29, 1.82) is 0 Å². The van der Waals surface area contributed by atoms with E-state index < -0.39 is 94.0 Å². The zero-order chi connectivity index (χ0) is 56.5. The molecule has 1 amide bonds. The number of cyclic esters (lactones) is 1.